The fourth-order valence-corrected chi connectivity index (χ4v) is 2.74. The first-order chi connectivity index (χ1) is 9.69. The molecule has 1 aliphatic rings. The molecule has 0 aliphatic carbocycles. The fraction of sp³-hybridized carbons (Fsp3) is 0.625. The number of benzene rings is 1. The van der Waals surface area contributed by atoms with E-state index in [0.29, 0.717) is 6.04 Å². The molecule has 0 aromatic heterocycles. The Morgan fingerprint density at radius 1 is 1.35 bits per heavy atom. The second kappa shape index (κ2) is 7.72. The van der Waals surface area contributed by atoms with Crippen LogP contribution in [0.15, 0.2) is 24.3 Å². The molecule has 3 nitrogen and oxygen atoms in total. The number of nitrogens with zero attached hydrogens (tertiary/aromatic N) is 1. The molecule has 0 radical (unpaired) electrons. The molecule has 2 rings (SSSR count). The first-order valence-corrected chi connectivity index (χ1v) is 7.50. The second-order valence-electron chi connectivity index (χ2n) is 5.50. The first-order valence-electron chi connectivity index (χ1n) is 7.50. The largest absolute Gasteiger partial charge is 0.379 e. The molecule has 1 aliphatic heterocycles. The maximum Gasteiger partial charge on any atom is 0.123 e. The van der Waals surface area contributed by atoms with Crippen molar-refractivity contribution in [3.8, 4) is 0 Å². The Kier molecular flexibility index (Phi) is 5.95. The molecule has 4 heteroatoms. The van der Waals surface area contributed by atoms with Gasteiger partial charge in [-0.15, -0.1) is 0 Å². The van der Waals surface area contributed by atoms with Crippen LogP contribution in [0.2, 0.25) is 0 Å². The van der Waals surface area contributed by atoms with Crippen LogP contribution in [0.1, 0.15) is 31.9 Å². The molecule has 0 amide bonds. The molecule has 1 saturated heterocycles. The van der Waals surface area contributed by atoms with Crippen LogP contribution in [0.4, 0.5) is 4.39 Å². The van der Waals surface area contributed by atoms with E-state index < -0.39 is 0 Å². The van der Waals surface area contributed by atoms with Gasteiger partial charge in [-0.2, -0.15) is 0 Å². The van der Waals surface area contributed by atoms with Gasteiger partial charge in [0.05, 0.1) is 13.2 Å². The number of hydrogen-bond acceptors (Lipinski definition) is 3. The minimum absolute atomic E-state index is 0.163. The zero-order chi connectivity index (χ0) is 14.4. The summed E-state index contributed by atoms with van der Waals surface area (Å²) in [4.78, 5) is 2.42. The van der Waals surface area contributed by atoms with Crippen LogP contribution in [0.5, 0.6) is 0 Å². The van der Waals surface area contributed by atoms with Crippen molar-refractivity contribution in [2.75, 3.05) is 32.8 Å². The molecule has 1 N–H and O–H groups in total. The van der Waals surface area contributed by atoms with Crippen LogP contribution in [-0.4, -0.2) is 43.8 Å². The molecule has 1 aromatic rings. The van der Waals surface area contributed by atoms with E-state index in [9.17, 15) is 4.39 Å². The lowest BCUT2D eigenvalue weighted by Gasteiger charge is -2.31. The highest BCUT2D eigenvalue weighted by Crippen LogP contribution is 2.18. The van der Waals surface area contributed by atoms with Crippen molar-refractivity contribution < 1.29 is 9.13 Å². The summed E-state index contributed by atoms with van der Waals surface area (Å²) in [6.07, 6.45) is 0.955. The maximum absolute atomic E-state index is 13.3. The maximum atomic E-state index is 13.3. The fourth-order valence-electron chi connectivity index (χ4n) is 2.74. The zero-order valence-corrected chi connectivity index (χ0v) is 12.4. The molecule has 112 valence electrons. The summed E-state index contributed by atoms with van der Waals surface area (Å²) in [7, 11) is 0. The average Bonchev–Trinajstić information content (AvgIpc) is 2.46. The lowest BCUT2D eigenvalue weighted by Crippen LogP contribution is -2.45. The van der Waals surface area contributed by atoms with Gasteiger partial charge in [-0.25, -0.2) is 4.39 Å². The first kappa shape index (κ1) is 15.4. The van der Waals surface area contributed by atoms with Gasteiger partial charge in [-0.1, -0.05) is 19.1 Å². The normalized spacial score (nSPS) is 19.8. The Hall–Kier alpha value is -0.970. The Morgan fingerprint density at radius 3 is 2.75 bits per heavy atom. The standard InChI is InChI=1S/C16H25FN2O/c1-3-16(14-5-4-6-15(17)11-14)18-13(2)12-19-7-9-20-10-8-19/h4-6,11,13,16,18H,3,7-10,12H2,1-2H3. The Labute approximate surface area is 121 Å². The van der Waals surface area contributed by atoms with E-state index >= 15 is 0 Å². The number of hydrogen-bond donors (Lipinski definition) is 1. The predicted octanol–water partition coefficient (Wildman–Crippen LogP) is 2.59. The summed E-state index contributed by atoms with van der Waals surface area (Å²) in [5.74, 6) is -0.163. The molecule has 2 atom stereocenters. The van der Waals surface area contributed by atoms with E-state index in [0.717, 1.165) is 44.8 Å². The van der Waals surface area contributed by atoms with Gasteiger partial charge in [-0.05, 0) is 31.0 Å². The smallest absolute Gasteiger partial charge is 0.123 e. The van der Waals surface area contributed by atoms with E-state index in [4.69, 9.17) is 4.74 Å². The van der Waals surface area contributed by atoms with E-state index in [1.165, 1.54) is 6.07 Å². The third-order valence-corrected chi connectivity index (χ3v) is 3.78. The summed E-state index contributed by atoms with van der Waals surface area (Å²) in [6, 6.07) is 7.48. The van der Waals surface area contributed by atoms with Crippen LogP contribution in [-0.2, 0) is 4.74 Å². The van der Waals surface area contributed by atoms with Gasteiger partial charge in [-0.3, -0.25) is 4.90 Å². The van der Waals surface area contributed by atoms with E-state index in [1.807, 2.05) is 6.07 Å². The third-order valence-electron chi connectivity index (χ3n) is 3.78. The van der Waals surface area contributed by atoms with Gasteiger partial charge in [0.2, 0.25) is 0 Å². The number of halogens is 1. The lowest BCUT2D eigenvalue weighted by molar-refractivity contribution is 0.0338. The minimum Gasteiger partial charge on any atom is -0.379 e. The SMILES string of the molecule is CCC(NC(C)CN1CCOCC1)c1cccc(F)c1. The number of nitrogens with one attached hydrogen (secondary N) is 1. The van der Waals surface area contributed by atoms with Gasteiger partial charge in [0.1, 0.15) is 5.82 Å². The van der Waals surface area contributed by atoms with E-state index in [1.54, 1.807) is 12.1 Å². The minimum atomic E-state index is -0.163. The summed E-state index contributed by atoms with van der Waals surface area (Å²) in [5, 5.41) is 3.61. The molecule has 20 heavy (non-hydrogen) atoms. The van der Waals surface area contributed by atoms with Crippen molar-refractivity contribution in [3.63, 3.8) is 0 Å². The van der Waals surface area contributed by atoms with Gasteiger partial charge in [0.25, 0.3) is 0 Å². The van der Waals surface area contributed by atoms with Crippen LogP contribution in [0, 0.1) is 5.82 Å². The van der Waals surface area contributed by atoms with Gasteiger partial charge >= 0.3 is 0 Å². The Bertz CT molecular complexity index is 407. The zero-order valence-electron chi connectivity index (χ0n) is 12.4. The van der Waals surface area contributed by atoms with Crippen molar-refractivity contribution in [1.29, 1.82) is 0 Å². The highest BCUT2D eigenvalue weighted by Gasteiger charge is 2.17. The molecule has 1 aromatic carbocycles. The second-order valence-corrected chi connectivity index (χ2v) is 5.50. The summed E-state index contributed by atoms with van der Waals surface area (Å²) < 4.78 is 18.7. The molecule has 1 heterocycles. The predicted molar refractivity (Wildman–Crippen MR) is 79.3 cm³/mol. The highest BCUT2D eigenvalue weighted by molar-refractivity contribution is 5.20. The van der Waals surface area contributed by atoms with E-state index in [2.05, 4.69) is 24.1 Å². The summed E-state index contributed by atoms with van der Waals surface area (Å²) >= 11 is 0. The molecule has 0 spiro atoms. The Balaban J connectivity index is 1.88. The van der Waals surface area contributed by atoms with Crippen molar-refractivity contribution >= 4 is 0 Å². The van der Waals surface area contributed by atoms with Gasteiger partial charge in [0, 0.05) is 31.7 Å². The van der Waals surface area contributed by atoms with Crippen LogP contribution >= 0.6 is 0 Å². The van der Waals surface area contributed by atoms with Crippen LogP contribution in [0.3, 0.4) is 0 Å². The molecular formula is C16H25FN2O. The lowest BCUT2D eigenvalue weighted by atomic mass is 10.0. The average molecular weight is 280 g/mol. The van der Waals surface area contributed by atoms with Crippen molar-refractivity contribution in [2.24, 2.45) is 0 Å². The van der Waals surface area contributed by atoms with Crippen molar-refractivity contribution in [1.82, 2.24) is 10.2 Å². The van der Waals surface area contributed by atoms with Gasteiger partial charge in [0.15, 0.2) is 0 Å². The molecule has 0 bridgehead atoms. The third kappa shape index (κ3) is 4.54. The summed E-state index contributed by atoms with van der Waals surface area (Å²) in [5.41, 5.74) is 1.03. The molecular weight excluding hydrogens is 255 g/mol. The van der Waals surface area contributed by atoms with Crippen molar-refractivity contribution in [2.45, 2.75) is 32.4 Å². The topological polar surface area (TPSA) is 24.5 Å². The van der Waals surface area contributed by atoms with Crippen LogP contribution < -0.4 is 5.32 Å². The Morgan fingerprint density at radius 2 is 2.10 bits per heavy atom. The number of morpholine rings is 1. The van der Waals surface area contributed by atoms with E-state index in [-0.39, 0.29) is 11.9 Å². The van der Waals surface area contributed by atoms with Crippen molar-refractivity contribution in [3.05, 3.63) is 35.6 Å². The van der Waals surface area contributed by atoms with Crippen LogP contribution in [0.25, 0.3) is 0 Å². The number of rotatable bonds is 6. The molecule has 1 fully saturated rings. The monoisotopic (exact) mass is 280 g/mol. The van der Waals surface area contributed by atoms with Gasteiger partial charge < -0.3 is 10.1 Å². The summed E-state index contributed by atoms with van der Waals surface area (Å²) in [6.45, 7) is 8.99. The number of ether oxygens (including phenoxy) is 1. The quantitative estimate of drug-likeness (QED) is 0.867. The molecule has 0 saturated carbocycles. The highest BCUT2D eigenvalue weighted by atomic mass is 19.1. The molecule has 2 unspecified atom stereocenters.